The van der Waals surface area contributed by atoms with E-state index in [-0.39, 0.29) is 0 Å². The number of rotatable bonds is 3. The second kappa shape index (κ2) is 4.36. The summed E-state index contributed by atoms with van der Waals surface area (Å²) in [5.41, 5.74) is 10.9. The lowest BCUT2D eigenvalue weighted by Crippen LogP contribution is -2.13. The fraction of sp³-hybridized carbons (Fsp3) is 0.500. The van der Waals surface area contributed by atoms with Crippen LogP contribution in [-0.4, -0.2) is 14.1 Å². The Labute approximate surface area is 86.7 Å². The highest BCUT2D eigenvalue weighted by Gasteiger charge is 2.09. The molecule has 0 heterocycles. The molecule has 2 heteroatoms. The van der Waals surface area contributed by atoms with Crippen molar-refractivity contribution >= 4 is 11.4 Å². The molecule has 0 amide bonds. The molecule has 0 aliphatic rings. The molecule has 0 unspecified atom stereocenters. The Morgan fingerprint density at radius 2 is 1.64 bits per heavy atom. The minimum atomic E-state index is 0.926. The first kappa shape index (κ1) is 10.9. The van der Waals surface area contributed by atoms with Crippen LogP contribution in [-0.2, 0) is 12.8 Å². The molecule has 2 nitrogen and oxygen atoms in total. The third-order valence-electron chi connectivity index (χ3n) is 2.63. The van der Waals surface area contributed by atoms with Gasteiger partial charge in [-0.3, -0.25) is 0 Å². The molecule has 2 N–H and O–H groups in total. The van der Waals surface area contributed by atoms with Crippen LogP contribution in [0, 0.1) is 0 Å². The van der Waals surface area contributed by atoms with Crippen molar-refractivity contribution in [1.82, 2.24) is 0 Å². The average Bonchev–Trinajstić information content (AvgIpc) is 2.16. The first-order valence-electron chi connectivity index (χ1n) is 5.19. The Bertz CT molecular complexity index is 316. The Morgan fingerprint density at radius 3 is 2.07 bits per heavy atom. The molecule has 0 aromatic heterocycles. The molecular weight excluding hydrogens is 172 g/mol. The summed E-state index contributed by atoms with van der Waals surface area (Å²) in [6.45, 7) is 4.34. The number of nitrogens with zero attached hydrogens (tertiary/aromatic N) is 1. The number of hydrogen-bond acceptors (Lipinski definition) is 2. The van der Waals surface area contributed by atoms with E-state index in [0.29, 0.717) is 0 Å². The lowest BCUT2D eigenvalue weighted by Gasteiger charge is -2.20. The molecule has 1 aromatic rings. The molecule has 0 fully saturated rings. The summed E-state index contributed by atoms with van der Waals surface area (Å²) in [6, 6.07) is 4.11. The van der Waals surface area contributed by atoms with E-state index >= 15 is 0 Å². The number of benzene rings is 1. The Balaban J connectivity index is 3.33. The highest BCUT2D eigenvalue weighted by atomic mass is 15.1. The summed E-state index contributed by atoms with van der Waals surface area (Å²) in [5.74, 6) is 0. The van der Waals surface area contributed by atoms with Gasteiger partial charge in [-0.15, -0.1) is 0 Å². The summed E-state index contributed by atoms with van der Waals surface area (Å²) >= 11 is 0. The minimum absolute atomic E-state index is 0.926. The zero-order chi connectivity index (χ0) is 10.7. The van der Waals surface area contributed by atoms with Crippen molar-refractivity contribution in [2.75, 3.05) is 24.7 Å². The molecule has 0 radical (unpaired) electrons. The van der Waals surface area contributed by atoms with Gasteiger partial charge in [0.2, 0.25) is 0 Å². The van der Waals surface area contributed by atoms with E-state index in [2.05, 4.69) is 38.9 Å². The third kappa shape index (κ3) is 1.84. The predicted octanol–water partition coefficient (Wildman–Crippen LogP) is 2.46. The Morgan fingerprint density at radius 1 is 1.07 bits per heavy atom. The SMILES string of the molecule is CCc1c(N)ccc(N(C)C)c1CC. The van der Waals surface area contributed by atoms with Crippen molar-refractivity contribution in [2.24, 2.45) is 0 Å². The highest BCUT2D eigenvalue weighted by Crippen LogP contribution is 2.28. The molecule has 0 saturated carbocycles. The maximum atomic E-state index is 5.96. The van der Waals surface area contributed by atoms with Crippen LogP contribution in [0.2, 0.25) is 0 Å². The zero-order valence-corrected chi connectivity index (χ0v) is 9.59. The molecule has 78 valence electrons. The zero-order valence-electron chi connectivity index (χ0n) is 9.59. The summed E-state index contributed by atoms with van der Waals surface area (Å²) in [7, 11) is 4.15. The topological polar surface area (TPSA) is 29.3 Å². The van der Waals surface area contributed by atoms with Crippen molar-refractivity contribution in [3.05, 3.63) is 23.3 Å². The van der Waals surface area contributed by atoms with Crippen LogP contribution in [0.3, 0.4) is 0 Å². The molecular formula is C12H20N2. The summed E-state index contributed by atoms with van der Waals surface area (Å²) in [5, 5.41) is 0. The number of nitrogen functional groups attached to an aromatic ring is 1. The standard InChI is InChI=1S/C12H20N2/c1-5-9-10(6-2)12(14(3)4)8-7-11(9)13/h7-8H,5-6,13H2,1-4H3. The minimum Gasteiger partial charge on any atom is -0.398 e. The van der Waals surface area contributed by atoms with Crippen LogP contribution in [0.25, 0.3) is 0 Å². The van der Waals surface area contributed by atoms with Gasteiger partial charge in [-0.2, -0.15) is 0 Å². The Kier molecular flexibility index (Phi) is 3.39. The molecule has 0 atom stereocenters. The van der Waals surface area contributed by atoms with Gasteiger partial charge in [-0.05, 0) is 36.1 Å². The van der Waals surface area contributed by atoms with Crippen molar-refractivity contribution < 1.29 is 0 Å². The van der Waals surface area contributed by atoms with Crippen LogP contribution in [0.15, 0.2) is 12.1 Å². The quantitative estimate of drug-likeness (QED) is 0.745. The van der Waals surface area contributed by atoms with E-state index < -0.39 is 0 Å². The van der Waals surface area contributed by atoms with E-state index in [0.717, 1.165) is 18.5 Å². The summed E-state index contributed by atoms with van der Waals surface area (Å²) in [4.78, 5) is 2.15. The average molecular weight is 192 g/mol. The van der Waals surface area contributed by atoms with Crippen LogP contribution in [0.5, 0.6) is 0 Å². The highest BCUT2D eigenvalue weighted by molar-refractivity contribution is 5.64. The molecule has 14 heavy (non-hydrogen) atoms. The van der Waals surface area contributed by atoms with Crippen LogP contribution in [0.1, 0.15) is 25.0 Å². The lowest BCUT2D eigenvalue weighted by atomic mass is 9.98. The van der Waals surface area contributed by atoms with Gasteiger partial charge in [0.25, 0.3) is 0 Å². The van der Waals surface area contributed by atoms with Gasteiger partial charge >= 0.3 is 0 Å². The molecule has 0 aliphatic carbocycles. The van der Waals surface area contributed by atoms with E-state index in [1.807, 2.05) is 6.07 Å². The van der Waals surface area contributed by atoms with Crippen LogP contribution in [0.4, 0.5) is 11.4 Å². The molecule has 0 bridgehead atoms. The monoisotopic (exact) mass is 192 g/mol. The summed E-state index contributed by atoms with van der Waals surface area (Å²) < 4.78 is 0. The van der Waals surface area contributed by atoms with E-state index in [1.165, 1.54) is 16.8 Å². The summed E-state index contributed by atoms with van der Waals surface area (Å²) in [6.07, 6.45) is 2.05. The number of anilines is 2. The Hall–Kier alpha value is -1.18. The van der Waals surface area contributed by atoms with E-state index in [1.54, 1.807) is 0 Å². The van der Waals surface area contributed by atoms with Crippen LogP contribution < -0.4 is 10.6 Å². The van der Waals surface area contributed by atoms with Gasteiger partial charge in [0.05, 0.1) is 0 Å². The van der Waals surface area contributed by atoms with Crippen molar-refractivity contribution in [1.29, 1.82) is 0 Å². The lowest BCUT2D eigenvalue weighted by molar-refractivity contribution is 1.01. The molecule has 0 spiro atoms. The molecule has 1 rings (SSSR count). The molecule has 1 aromatic carbocycles. The van der Waals surface area contributed by atoms with E-state index in [9.17, 15) is 0 Å². The van der Waals surface area contributed by atoms with Crippen LogP contribution >= 0.6 is 0 Å². The molecule has 0 aliphatic heterocycles. The smallest absolute Gasteiger partial charge is 0.0397 e. The number of nitrogens with two attached hydrogens (primary N) is 1. The van der Waals surface area contributed by atoms with Gasteiger partial charge in [0, 0.05) is 25.5 Å². The van der Waals surface area contributed by atoms with Crippen molar-refractivity contribution in [2.45, 2.75) is 26.7 Å². The maximum Gasteiger partial charge on any atom is 0.0397 e. The third-order valence-corrected chi connectivity index (χ3v) is 2.63. The van der Waals surface area contributed by atoms with Gasteiger partial charge in [-0.25, -0.2) is 0 Å². The molecule has 0 saturated heterocycles. The maximum absolute atomic E-state index is 5.96. The second-order valence-electron chi connectivity index (χ2n) is 3.73. The van der Waals surface area contributed by atoms with Gasteiger partial charge in [0.1, 0.15) is 0 Å². The fourth-order valence-electron chi connectivity index (χ4n) is 1.93. The van der Waals surface area contributed by atoms with Gasteiger partial charge < -0.3 is 10.6 Å². The number of hydrogen-bond donors (Lipinski definition) is 1. The fourth-order valence-corrected chi connectivity index (χ4v) is 1.93. The van der Waals surface area contributed by atoms with E-state index in [4.69, 9.17) is 5.73 Å². The first-order valence-corrected chi connectivity index (χ1v) is 5.19. The van der Waals surface area contributed by atoms with Gasteiger partial charge in [-0.1, -0.05) is 13.8 Å². The van der Waals surface area contributed by atoms with Crippen molar-refractivity contribution in [3.8, 4) is 0 Å². The largest absolute Gasteiger partial charge is 0.398 e. The predicted molar refractivity (Wildman–Crippen MR) is 63.9 cm³/mol. The second-order valence-corrected chi connectivity index (χ2v) is 3.73. The normalized spacial score (nSPS) is 10.3. The first-order chi connectivity index (χ1) is 6.61. The van der Waals surface area contributed by atoms with Crippen molar-refractivity contribution in [3.63, 3.8) is 0 Å². The van der Waals surface area contributed by atoms with Gasteiger partial charge in [0.15, 0.2) is 0 Å².